The Hall–Kier alpha value is -0.410. The van der Waals surface area contributed by atoms with Crippen molar-refractivity contribution in [2.45, 2.75) is 44.6 Å². The SMILES string of the molecule is CC1CC1C(=O)C1CCOC2(CCOCC2)C1. The van der Waals surface area contributed by atoms with Crippen molar-refractivity contribution < 1.29 is 14.3 Å². The summed E-state index contributed by atoms with van der Waals surface area (Å²) in [4.78, 5) is 12.3. The summed E-state index contributed by atoms with van der Waals surface area (Å²) in [7, 11) is 0. The smallest absolute Gasteiger partial charge is 0.139 e. The lowest BCUT2D eigenvalue weighted by Gasteiger charge is -2.43. The maximum atomic E-state index is 12.3. The standard InChI is InChI=1S/C14H22O3/c1-10-8-12(10)13(15)11-2-5-17-14(9-11)3-6-16-7-4-14/h10-12H,2-9H2,1H3. The lowest BCUT2D eigenvalue weighted by Crippen LogP contribution is -2.46. The van der Waals surface area contributed by atoms with Crippen LogP contribution in [-0.2, 0) is 14.3 Å². The third-order valence-corrected chi connectivity index (χ3v) is 4.77. The average molecular weight is 238 g/mol. The number of ketones is 1. The Morgan fingerprint density at radius 2 is 1.94 bits per heavy atom. The van der Waals surface area contributed by atoms with Crippen LogP contribution in [0.2, 0.25) is 0 Å². The molecule has 2 saturated heterocycles. The van der Waals surface area contributed by atoms with Gasteiger partial charge in [-0.3, -0.25) is 4.79 Å². The summed E-state index contributed by atoms with van der Waals surface area (Å²) in [6.07, 6.45) is 4.93. The molecule has 2 heterocycles. The molecule has 0 aromatic rings. The highest BCUT2D eigenvalue weighted by Gasteiger charge is 2.47. The second-order valence-corrected chi connectivity index (χ2v) is 6.06. The van der Waals surface area contributed by atoms with Crippen molar-refractivity contribution >= 4 is 5.78 Å². The van der Waals surface area contributed by atoms with E-state index in [2.05, 4.69) is 6.92 Å². The molecule has 1 spiro atoms. The van der Waals surface area contributed by atoms with Gasteiger partial charge in [0.2, 0.25) is 0 Å². The van der Waals surface area contributed by atoms with Gasteiger partial charge in [0.15, 0.2) is 0 Å². The molecule has 3 heteroatoms. The number of ether oxygens (including phenoxy) is 2. The number of rotatable bonds is 2. The summed E-state index contributed by atoms with van der Waals surface area (Å²) in [5.41, 5.74) is -0.0328. The van der Waals surface area contributed by atoms with Gasteiger partial charge < -0.3 is 9.47 Å². The second-order valence-electron chi connectivity index (χ2n) is 6.06. The molecule has 3 unspecified atom stereocenters. The Bertz CT molecular complexity index is 301. The zero-order valence-electron chi connectivity index (χ0n) is 10.6. The zero-order valence-corrected chi connectivity index (χ0v) is 10.6. The maximum absolute atomic E-state index is 12.3. The van der Waals surface area contributed by atoms with E-state index in [4.69, 9.17) is 9.47 Å². The van der Waals surface area contributed by atoms with E-state index in [0.29, 0.717) is 17.6 Å². The Kier molecular flexibility index (Phi) is 2.99. The third-order valence-electron chi connectivity index (χ3n) is 4.77. The first-order chi connectivity index (χ1) is 8.20. The van der Waals surface area contributed by atoms with Gasteiger partial charge >= 0.3 is 0 Å². The van der Waals surface area contributed by atoms with E-state index in [1.54, 1.807) is 0 Å². The largest absolute Gasteiger partial charge is 0.381 e. The second kappa shape index (κ2) is 4.36. The van der Waals surface area contributed by atoms with Gasteiger partial charge in [-0.1, -0.05) is 6.92 Å². The van der Waals surface area contributed by atoms with Crippen LogP contribution in [0.15, 0.2) is 0 Å². The summed E-state index contributed by atoms with van der Waals surface area (Å²) < 4.78 is 11.4. The predicted molar refractivity (Wildman–Crippen MR) is 63.7 cm³/mol. The molecule has 1 saturated carbocycles. The fraction of sp³-hybridized carbons (Fsp3) is 0.929. The normalized spacial score (nSPS) is 40.2. The van der Waals surface area contributed by atoms with Gasteiger partial charge in [0.1, 0.15) is 5.78 Å². The van der Waals surface area contributed by atoms with Crippen LogP contribution in [0.5, 0.6) is 0 Å². The van der Waals surface area contributed by atoms with Gasteiger partial charge in [-0.05, 0) is 38.0 Å². The molecule has 0 aromatic heterocycles. The van der Waals surface area contributed by atoms with Crippen LogP contribution in [0.25, 0.3) is 0 Å². The molecule has 0 aromatic carbocycles. The fourth-order valence-electron chi connectivity index (χ4n) is 3.38. The highest BCUT2D eigenvalue weighted by atomic mass is 16.5. The topological polar surface area (TPSA) is 35.5 Å². The van der Waals surface area contributed by atoms with E-state index in [1.807, 2.05) is 0 Å². The summed E-state index contributed by atoms with van der Waals surface area (Å²) in [5.74, 6) is 1.79. The molecule has 3 aliphatic rings. The first-order valence-electron chi connectivity index (χ1n) is 6.96. The van der Waals surface area contributed by atoms with Crippen molar-refractivity contribution in [1.29, 1.82) is 0 Å². The Morgan fingerprint density at radius 1 is 1.24 bits per heavy atom. The Morgan fingerprint density at radius 3 is 2.59 bits per heavy atom. The molecule has 0 radical (unpaired) electrons. The van der Waals surface area contributed by atoms with Gasteiger partial charge in [0.25, 0.3) is 0 Å². The lowest BCUT2D eigenvalue weighted by molar-refractivity contribution is -0.157. The van der Waals surface area contributed by atoms with Gasteiger partial charge in [-0.15, -0.1) is 0 Å². The minimum absolute atomic E-state index is 0.0328. The molecule has 96 valence electrons. The van der Waals surface area contributed by atoms with Crippen molar-refractivity contribution in [2.75, 3.05) is 19.8 Å². The molecule has 0 N–H and O–H groups in total. The Balaban J connectivity index is 1.64. The van der Waals surface area contributed by atoms with Crippen molar-refractivity contribution in [3.05, 3.63) is 0 Å². The molecule has 17 heavy (non-hydrogen) atoms. The van der Waals surface area contributed by atoms with Gasteiger partial charge in [-0.25, -0.2) is 0 Å². The molecule has 2 aliphatic heterocycles. The summed E-state index contributed by atoms with van der Waals surface area (Å²) in [6.45, 7) is 4.53. The third kappa shape index (κ3) is 2.27. The van der Waals surface area contributed by atoms with Crippen LogP contribution in [0.3, 0.4) is 0 Å². The average Bonchev–Trinajstić information content (AvgIpc) is 3.06. The number of hydrogen-bond acceptors (Lipinski definition) is 3. The van der Waals surface area contributed by atoms with Crippen molar-refractivity contribution in [3.8, 4) is 0 Å². The predicted octanol–water partition coefficient (Wildman–Crippen LogP) is 2.19. The first-order valence-corrected chi connectivity index (χ1v) is 6.96. The first kappa shape index (κ1) is 11.7. The molecule has 0 amide bonds. The maximum Gasteiger partial charge on any atom is 0.139 e. The van der Waals surface area contributed by atoms with Crippen LogP contribution in [-0.4, -0.2) is 31.2 Å². The van der Waals surface area contributed by atoms with Crippen LogP contribution in [0, 0.1) is 17.8 Å². The highest BCUT2D eigenvalue weighted by molar-refractivity contribution is 5.86. The Labute approximate surface area is 103 Å². The molecular weight excluding hydrogens is 216 g/mol. The van der Waals surface area contributed by atoms with E-state index >= 15 is 0 Å². The van der Waals surface area contributed by atoms with Crippen LogP contribution in [0.4, 0.5) is 0 Å². The summed E-state index contributed by atoms with van der Waals surface area (Å²) >= 11 is 0. The van der Waals surface area contributed by atoms with Crippen LogP contribution in [0.1, 0.15) is 39.0 Å². The zero-order chi connectivity index (χ0) is 11.9. The summed E-state index contributed by atoms with van der Waals surface area (Å²) in [5, 5.41) is 0. The van der Waals surface area contributed by atoms with E-state index in [1.165, 1.54) is 0 Å². The minimum Gasteiger partial charge on any atom is -0.381 e. The molecule has 3 fully saturated rings. The molecular formula is C14H22O3. The molecule has 1 aliphatic carbocycles. The number of Topliss-reactive ketones (excluding diaryl/α,β-unsaturated/α-hetero) is 1. The van der Waals surface area contributed by atoms with Gasteiger partial charge in [-0.2, -0.15) is 0 Å². The number of hydrogen-bond donors (Lipinski definition) is 0. The van der Waals surface area contributed by atoms with E-state index in [9.17, 15) is 4.79 Å². The quantitative estimate of drug-likeness (QED) is 0.739. The van der Waals surface area contributed by atoms with E-state index in [0.717, 1.165) is 51.9 Å². The highest BCUT2D eigenvalue weighted by Crippen LogP contribution is 2.45. The van der Waals surface area contributed by atoms with Crippen molar-refractivity contribution in [3.63, 3.8) is 0 Å². The summed E-state index contributed by atoms with van der Waals surface area (Å²) in [6, 6.07) is 0. The molecule has 3 atom stereocenters. The van der Waals surface area contributed by atoms with Crippen LogP contribution < -0.4 is 0 Å². The van der Waals surface area contributed by atoms with Gasteiger partial charge in [0.05, 0.1) is 5.60 Å². The molecule has 0 bridgehead atoms. The fourth-order valence-corrected chi connectivity index (χ4v) is 3.38. The van der Waals surface area contributed by atoms with E-state index < -0.39 is 0 Å². The number of carbonyl (C=O) groups is 1. The van der Waals surface area contributed by atoms with Gasteiger partial charge in [0, 0.05) is 31.7 Å². The molecule has 3 nitrogen and oxygen atoms in total. The van der Waals surface area contributed by atoms with E-state index in [-0.39, 0.29) is 11.5 Å². The lowest BCUT2D eigenvalue weighted by atomic mass is 9.78. The molecule has 3 rings (SSSR count). The van der Waals surface area contributed by atoms with Crippen molar-refractivity contribution in [1.82, 2.24) is 0 Å². The monoisotopic (exact) mass is 238 g/mol. The number of carbonyl (C=O) groups excluding carboxylic acids is 1. The van der Waals surface area contributed by atoms with Crippen LogP contribution >= 0.6 is 0 Å². The van der Waals surface area contributed by atoms with Crippen molar-refractivity contribution in [2.24, 2.45) is 17.8 Å². The minimum atomic E-state index is -0.0328.